The predicted octanol–water partition coefficient (Wildman–Crippen LogP) is 4.52. The van der Waals surface area contributed by atoms with Crippen LogP contribution in [0.2, 0.25) is 0 Å². The number of alkyl carbamates (subject to hydrolysis) is 1. The minimum Gasteiger partial charge on any atom is -0.480 e. The highest BCUT2D eigenvalue weighted by Crippen LogP contribution is 2.44. The van der Waals surface area contributed by atoms with Crippen LogP contribution in [-0.4, -0.2) is 49.0 Å². The Bertz CT molecular complexity index is 1180. The smallest absolute Gasteiger partial charge is 0.408 e. The van der Waals surface area contributed by atoms with Crippen LogP contribution < -0.4 is 5.32 Å². The summed E-state index contributed by atoms with van der Waals surface area (Å²) >= 11 is 0. The van der Waals surface area contributed by atoms with Crippen molar-refractivity contribution in [2.45, 2.75) is 31.4 Å². The molecule has 1 aliphatic carbocycles. The van der Waals surface area contributed by atoms with E-state index in [9.17, 15) is 19.5 Å². The SMILES string of the molecule is O=C(CCOCC[C@H](NC(=O)OCc1ccccc1)C(=O)O)OCC1c2ccccc2-c2ccccc21. The second kappa shape index (κ2) is 12.7. The average molecular weight is 504 g/mol. The van der Waals surface area contributed by atoms with E-state index in [0.717, 1.165) is 27.8 Å². The summed E-state index contributed by atoms with van der Waals surface area (Å²) in [6, 6.07) is 24.1. The highest BCUT2D eigenvalue weighted by Gasteiger charge is 2.29. The number of carbonyl (C=O) groups excluding carboxylic acids is 2. The van der Waals surface area contributed by atoms with E-state index >= 15 is 0 Å². The molecule has 37 heavy (non-hydrogen) atoms. The zero-order chi connectivity index (χ0) is 26.0. The molecule has 8 heteroatoms. The van der Waals surface area contributed by atoms with E-state index in [1.807, 2.05) is 42.5 Å². The second-order valence-electron chi connectivity index (χ2n) is 8.66. The molecule has 0 saturated heterocycles. The second-order valence-corrected chi connectivity index (χ2v) is 8.66. The van der Waals surface area contributed by atoms with Crippen molar-refractivity contribution in [3.05, 3.63) is 95.6 Å². The van der Waals surface area contributed by atoms with Gasteiger partial charge in [0, 0.05) is 18.9 Å². The molecule has 1 amide bonds. The number of benzene rings is 3. The number of hydrogen-bond acceptors (Lipinski definition) is 6. The molecule has 0 aliphatic heterocycles. The Hall–Kier alpha value is -4.17. The van der Waals surface area contributed by atoms with Gasteiger partial charge in [0.15, 0.2) is 0 Å². The minimum absolute atomic E-state index is 0.0127. The monoisotopic (exact) mass is 503 g/mol. The number of hydrogen-bond donors (Lipinski definition) is 2. The van der Waals surface area contributed by atoms with Gasteiger partial charge in [-0.15, -0.1) is 0 Å². The van der Waals surface area contributed by atoms with Crippen LogP contribution in [0, 0.1) is 0 Å². The van der Waals surface area contributed by atoms with Gasteiger partial charge in [0.1, 0.15) is 19.3 Å². The molecule has 0 bridgehead atoms. The maximum absolute atomic E-state index is 12.3. The fraction of sp³-hybridized carbons (Fsp3) is 0.276. The van der Waals surface area contributed by atoms with Gasteiger partial charge in [-0.2, -0.15) is 0 Å². The molecule has 3 aromatic carbocycles. The summed E-state index contributed by atoms with van der Waals surface area (Å²) in [7, 11) is 0. The molecule has 0 heterocycles. The fourth-order valence-electron chi connectivity index (χ4n) is 4.31. The molecule has 3 aromatic rings. The summed E-state index contributed by atoms with van der Waals surface area (Å²) in [5.74, 6) is -1.60. The van der Waals surface area contributed by atoms with Crippen molar-refractivity contribution in [3.8, 4) is 11.1 Å². The number of amides is 1. The van der Waals surface area contributed by atoms with Gasteiger partial charge in [-0.3, -0.25) is 4.79 Å². The molecule has 0 unspecified atom stereocenters. The van der Waals surface area contributed by atoms with E-state index in [-0.39, 0.29) is 51.2 Å². The predicted molar refractivity (Wildman–Crippen MR) is 136 cm³/mol. The Balaban J connectivity index is 1.15. The van der Waals surface area contributed by atoms with Crippen molar-refractivity contribution in [3.63, 3.8) is 0 Å². The van der Waals surface area contributed by atoms with Crippen molar-refractivity contribution in [1.82, 2.24) is 5.32 Å². The van der Waals surface area contributed by atoms with Gasteiger partial charge < -0.3 is 24.6 Å². The summed E-state index contributed by atoms with van der Waals surface area (Å²) in [4.78, 5) is 35.7. The van der Waals surface area contributed by atoms with Crippen LogP contribution in [-0.2, 0) is 30.4 Å². The number of nitrogens with one attached hydrogen (secondary N) is 1. The molecule has 0 spiro atoms. The van der Waals surface area contributed by atoms with E-state index in [1.54, 1.807) is 12.1 Å². The van der Waals surface area contributed by atoms with Gasteiger partial charge in [0.2, 0.25) is 0 Å². The Morgan fingerprint density at radius 3 is 2.08 bits per heavy atom. The van der Waals surface area contributed by atoms with Crippen molar-refractivity contribution >= 4 is 18.0 Å². The van der Waals surface area contributed by atoms with E-state index in [4.69, 9.17) is 14.2 Å². The topological polar surface area (TPSA) is 111 Å². The summed E-state index contributed by atoms with van der Waals surface area (Å²) in [6.45, 7) is 0.409. The molecule has 0 aromatic heterocycles. The minimum atomic E-state index is -1.20. The van der Waals surface area contributed by atoms with Crippen LogP contribution in [0.15, 0.2) is 78.9 Å². The van der Waals surface area contributed by atoms with E-state index in [2.05, 4.69) is 29.6 Å². The third-order valence-corrected chi connectivity index (χ3v) is 6.18. The fourth-order valence-corrected chi connectivity index (χ4v) is 4.31. The molecule has 1 atom stereocenters. The molecule has 0 fully saturated rings. The third kappa shape index (κ3) is 6.95. The standard InChI is InChI=1S/C29H29NO7/c31-27(36-19-25-23-12-6-4-10-21(23)22-11-5-7-13-24(22)25)15-17-35-16-14-26(28(32)33)30-29(34)37-18-20-8-2-1-3-9-20/h1-13,25-26H,14-19H2,(H,30,34)(H,32,33)/t26-/m0/s1. The molecule has 0 saturated carbocycles. The van der Waals surface area contributed by atoms with Gasteiger partial charge in [0.05, 0.1) is 13.0 Å². The number of carboxylic acid groups (broad SMARTS) is 1. The summed E-state index contributed by atoms with van der Waals surface area (Å²) in [5.41, 5.74) is 5.40. The van der Waals surface area contributed by atoms with Gasteiger partial charge in [-0.05, 0) is 27.8 Å². The Kier molecular flexibility index (Phi) is 8.89. The van der Waals surface area contributed by atoms with Crippen LogP contribution in [0.4, 0.5) is 4.79 Å². The average Bonchev–Trinajstić information content (AvgIpc) is 3.24. The highest BCUT2D eigenvalue weighted by atomic mass is 16.5. The lowest BCUT2D eigenvalue weighted by Crippen LogP contribution is -2.41. The normalized spacial score (nSPS) is 12.8. The van der Waals surface area contributed by atoms with Crippen molar-refractivity contribution < 1.29 is 33.7 Å². The number of ether oxygens (including phenoxy) is 3. The number of fused-ring (bicyclic) bond motifs is 3. The van der Waals surface area contributed by atoms with Crippen LogP contribution in [0.5, 0.6) is 0 Å². The highest BCUT2D eigenvalue weighted by molar-refractivity contribution is 5.80. The lowest BCUT2D eigenvalue weighted by atomic mass is 9.98. The van der Waals surface area contributed by atoms with E-state index in [1.165, 1.54) is 0 Å². The number of aliphatic carboxylic acids is 1. The number of carboxylic acids is 1. The van der Waals surface area contributed by atoms with E-state index < -0.39 is 18.1 Å². The van der Waals surface area contributed by atoms with Crippen LogP contribution in [0.3, 0.4) is 0 Å². The van der Waals surface area contributed by atoms with Crippen molar-refractivity contribution in [2.24, 2.45) is 0 Å². The zero-order valence-corrected chi connectivity index (χ0v) is 20.3. The first-order chi connectivity index (χ1) is 18.0. The van der Waals surface area contributed by atoms with Gasteiger partial charge in [-0.1, -0.05) is 78.9 Å². The quantitative estimate of drug-likeness (QED) is 0.276. The van der Waals surface area contributed by atoms with Crippen molar-refractivity contribution in [1.29, 1.82) is 0 Å². The van der Waals surface area contributed by atoms with Gasteiger partial charge >= 0.3 is 18.0 Å². The first-order valence-corrected chi connectivity index (χ1v) is 12.1. The molecule has 8 nitrogen and oxygen atoms in total. The van der Waals surface area contributed by atoms with E-state index in [0.29, 0.717) is 0 Å². The Labute approximate surface area is 215 Å². The number of esters is 1. The zero-order valence-electron chi connectivity index (χ0n) is 20.3. The molecule has 0 radical (unpaired) electrons. The van der Waals surface area contributed by atoms with Crippen molar-refractivity contribution in [2.75, 3.05) is 19.8 Å². The molecule has 192 valence electrons. The van der Waals surface area contributed by atoms with Crippen LogP contribution >= 0.6 is 0 Å². The Morgan fingerprint density at radius 1 is 0.811 bits per heavy atom. The largest absolute Gasteiger partial charge is 0.480 e. The van der Waals surface area contributed by atoms with Crippen LogP contribution in [0.1, 0.15) is 35.4 Å². The lowest BCUT2D eigenvalue weighted by molar-refractivity contribution is -0.145. The first kappa shape index (κ1) is 25.9. The molecular weight excluding hydrogens is 474 g/mol. The van der Waals surface area contributed by atoms with Gasteiger partial charge in [-0.25, -0.2) is 9.59 Å². The summed E-state index contributed by atoms with van der Waals surface area (Å²) in [5, 5.41) is 11.7. The van der Waals surface area contributed by atoms with Crippen LogP contribution in [0.25, 0.3) is 11.1 Å². The lowest BCUT2D eigenvalue weighted by Gasteiger charge is -2.15. The molecule has 4 rings (SSSR count). The molecule has 2 N–H and O–H groups in total. The molecule has 1 aliphatic rings. The third-order valence-electron chi connectivity index (χ3n) is 6.18. The summed E-state index contributed by atoms with van der Waals surface area (Å²) in [6.07, 6.45) is -0.754. The first-order valence-electron chi connectivity index (χ1n) is 12.1. The number of carbonyl (C=O) groups is 3. The maximum atomic E-state index is 12.3. The maximum Gasteiger partial charge on any atom is 0.408 e. The molecular formula is C29H29NO7. The number of rotatable bonds is 12. The summed E-state index contributed by atoms with van der Waals surface area (Å²) < 4.78 is 16.0. The van der Waals surface area contributed by atoms with Gasteiger partial charge in [0.25, 0.3) is 0 Å². The Morgan fingerprint density at radius 2 is 1.43 bits per heavy atom.